The Morgan fingerprint density at radius 1 is 0.0933 bits per heavy atom. The molecule has 0 N–H and O–H groups in total. The molecule has 0 aliphatic heterocycles. The molecule has 6 aromatic heterocycles. The van der Waals surface area contributed by atoms with Crippen LogP contribution in [-0.4, -0.2) is 0 Å². The molecule has 0 aliphatic carbocycles. The molecule has 0 atom stereocenters. The molecule has 708 valence electrons. The van der Waals surface area contributed by atoms with Gasteiger partial charge < -0.3 is 29.4 Å². The second-order valence-electron chi connectivity index (χ2n) is 37.6. The van der Waals surface area contributed by atoms with Crippen molar-refractivity contribution in [2.75, 3.05) is 29.4 Å². The summed E-state index contributed by atoms with van der Waals surface area (Å²) in [6.07, 6.45) is 0. The summed E-state index contributed by atoms with van der Waals surface area (Å²) in [4.78, 5) is 14.4. The Bertz CT molecular complexity index is 10200. The Kier molecular flexibility index (Phi) is 23.1. The zero-order valence-electron chi connectivity index (χ0n) is 81.1. The first-order valence-corrected chi connectivity index (χ1v) is 55.4. The quantitative estimate of drug-likeness (QED) is 0.0847. The number of benzene rings is 24. The molecule has 0 amide bonds. The number of para-hydroxylation sites is 9. The predicted molar refractivity (Wildman–Crippen MR) is 657 cm³/mol. The van der Waals surface area contributed by atoms with Gasteiger partial charge in [-0.05, 0) is 237 Å². The maximum Gasteiger partial charge on any atom is 0.0640 e. The van der Waals surface area contributed by atoms with E-state index in [9.17, 15) is 0 Å². The van der Waals surface area contributed by atoms with Crippen molar-refractivity contribution in [3.05, 3.63) is 546 Å². The second kappa shape index (κ2) is 38.5. The number of hydrogen-bond acceptors (Lipinski definition) is 12. The maximum absolute atomic E-state index is 2.45. The second-order valence-corrected chi connectivity index (χ2v) is 44.0. The Morgan fingerprint density at radius 2 is 0.300 bits per heavy atom. The van der Waals surface area contributed by atoms with Gasteiger partial charge in [0, 0.05) is 228 Å². The first-order valence-electron chi connectivity index (χ1n) is 50.6. The van der Waals surface area contributed by atoms with Crippen molar-refractivity contribution in [3.8, 4) is 0 Å². The normalized spacial score (nSPS) is 11.6. The number of nitrogens with zero attached hydrogens (tertiary/aromatic N) is 6. The van der Waals surface area contributed by atoms with Gasteiger partial charge in [-0.15, -0.1) is 68.0 Å². The number of rotatable bonds is 18. The summed E-state index contributed by atoms with van der Waals surface area (Å²) in [5.41, 5.74) is 20.7. The molecule has 0 saturated carbocycles. The van der Waals surface area contributed by atoms with Crippen LogP contribution in [0, 0.1) is 0 Å². The third-order valence-corrected chi connectivity index (χ3v) is 36.0. The molecule has 0 spiro atoms. The summed E-state index contributed by atoms with van der Waals surface area (Å²) in [6.45, 7) is 0. The fraction of sp³-hybridized carbons (Fsp3) is 0. The molecule has 0 radical (unpaired) electrons. The summed E-state index contributed by atoms with van der Waals surface area (Å²) in [5.74, 6) is 0. The van der Waals surface area contributed by atoms with E-state index in [0.29, 0.717) is 0 Å². The monoisotopic (exact) mass is 2020 g/mol. The van der Waals surface area contributed by atoms with E-state index in [1.165, 1.54) is 176 Å². The van der Waals surface area contributed by atoms with Crippen LogP contribution in [0.1, 0.15) is 0 Å². The molecule has 0 saturated heterocycles. The Labute approximate surface area is 891 Å². The summed E-state index contributed by atoms with van der Waals surface area (Å²) in [6, 6.07) is 198. The van der Waals surface area contributed by atoms with Crippen LogP contribution >= 0.6 is 68.0 Å². The van der Waals surface area contributed by atoms with Crippen LogP contribution < -0.4 is 29.4 Å². The molecule has 6 heterocycles. The molecule has 30 aromatic rings. The van der Waals surface area contributed by atoms with Crippen LogP contribution in [0.25, 0.3) is 153 Å². The van der Waals surface area contributed by atoms with Crippen molar-refractivity contribution in [1.29, 1.82) is 0 Å². The van der Waals surface area contributed by atoms with Gasteiger partial charge in [-0.2, -0.15) is 0 Å². The largest absolute Gasteiger partial charge is 0.310 e. The highest BCUT2D eigenvalue weighted by Crippen LogP contribution is 2.56. The van der Waals surface area contributed by atoms with Crippen molar-refractivity contribution >= 4 is 324 Å². The number of thiophene rings is 6. The maximum atomic E-state index is 2.45. The lowest BCUT2D eigenvalue weighted by atomic mass is 10.0. The molecular weight excluding hydrogens is 1930 g/mol. The fourth-order valence-electron chi connectivity index (χ4n) is 22.1. The molecule has 24 aromatic carbocycles. The molecule has 30 rings (SSSR count). The van der Waals surface area contributed by atoms with E-state index in [4.69, 9.17) is 0 Å². The minimum Gasteiger partial charge on any atom is -0.310 e. The molecule has 0 bridgehead atoms. The van der Waals surface area contributed by atoms with Crippen LogP contribution in [0.2, 0.25) is 0 Å². The zero-order chi connectivity index (χ0) is 99.1. The van der Waals surface area contributed by atoms with Gasteiger partial charge in [-0.1, -0.05) is 309 Å². The van der Waals surface area contributed by atoms with Gasteiger partial charge in [-0.25, -0.2) is 0 Å². The van der Waals surface area contributed by atoms with Gasteiger partial charge in [0.1, 0.15) is 0 Å². The highest BCUT2D eigenvalue weighted by atomic mass is 32.1. The van der Waals surface area contributed by atoms with Crippen LogP contribution in [0.15, 0.2) is 546 Å². The topological polar surface area (TPSA) is 19.4 Å². The van der Waals surface area contributed by atoms with Gasteiger partial charge in [0.25, 0.3) is 0 Å². The summed E-state index contributed by atoms with van der Waals surface area (Å²) < 4.78 is 15.6. The third-order valence-electron chi connectivity index (χ3n) is 28.8. The lowest BCUT2D eigenvalue weighted by Gasteiger charge is -2.27. The summed E-state index contributed by atoms with van der Waals surface area (Å²) in [5, 5.41) is 22.9. The van der Waals surface area contributed by atoms with Crippen molar-refractivity contribution in [2.24, 2.45) is 0 Å². The number of anilines is 18. The minimum atomic E-state index is 1.13. The SMILES string of the molecule is c1ccc(N(c2ccc3c(c2)sc2c4ccccc4c(N(c4ccccc4)c4ccccc4)cc32)c2ccc3sc4ccccc4c3c2)cc1.c1ccc(N(c2ccccc2)c2cc3c4cccc(N(c5ccccc5)c5ccc6sc7ccccc7c6c5)c4sc3c3ccccc23)cc1.c1ccc(N(c2ccccc2)c2ccc3sc4c5ccccc5c(N(c5ccccc5)c5ccc6sc7ccccc7c6c5)cc4c3c2)cc1. The van der Waals surface area contributed by atoms with Crippen molar-refractivity contribution in [2.45, 2.75) is 0 Å². The standard InChI is InChI=1S/3C46H30N2S2/c1-4-15-31(16-5-1)47(32-17-6-2-7-18-32)42-30-40-38-24-14-25-41(46(38)50-45(40)37-23-11-10-21-35(37)42)48(33-19-8-3-9-20-33)34-27-28-44-39(29-34)36-22-12-13-26-43(36)49-44;1-4-14-31(15-5-1)47(32-16-6-2-7-17-32)34-24-27-45-40(28-34)41-30-42(36-20-10-11-22-38(36)46(41)50-45)48(33-18-8-3-9-19-33)35-25-26-44-39(29-35)37-21-12-13-23-43(37)49-44;1-4-14-31(15-5-1)47(34-25-27-44-40(28-34)37-21-12-13-23-43(37)49-44)35-24-26-38-41-30-42(36-20-10-11-22-39(36)46(41)50-45(38)29-35)48(32-16-6-2-7-17-32)33-18-8-3-9-19-33/h3*1-30H. The molecule has 150 heavy (non-hydrogen) atoms. The molecule has 12 heteroatoms. The molecule has 0 unspecified atom stereocenters. The van der Waals surface area contributed by atoms with Crippen LogP contribution in [0.4, 0.5) is 102 Å². The molecule has 6 nitrogen and oxygen atoms in total. The van der Waals surface area contributed by atoms with Gasteiger partial charge >= 0.3 is 0 Å². The Balaban J connectivity index is 0.000000108. The highest BCUT2D eigenvalue weighted by molar-refractivity contribution is 7.28. The molecular formula is C138H90N6S6. The van der Waals surface area contributed by atoms with E-state index in [1.807, 2.05) is 68.0 Å². The van der Waals surface area contributed by atoms with Gasteiger partial charge in [0.2, 0.25) is 0 Å². The van der Waals surface area contributed by atoms with Crippen LogP contribution in [0.3, 0.4) is 0 Å². The molecule has 0 aliphatic rings. The minimum absolute atomic E-state index is 1.13. The van der Waals surface area contributed by atoms with E-state index in [1.54, 1.807) is 0 Å². The number of hydrogen-bond donors (Lipinski definition) is 0. The smallest absolute Gasteiger partial charge is 0.0640 e. The van der Waals surface area contributed by atoms with Gasteiger partial charge in [-0.3, -0.25) is 0 Å². The van der Waals surface area contributed by atoms with Crippen LogP contribution in [-0.2, 0) is 0 Å². The average Bonchev–Trinajstić information content (AvgIpc) is 1.56. The average molecular weight is 2020 g/mol. The van der Waals surface area contributed by atoms with Gasteiger partial charge in [0.05, 0.1) is 27.4 Å². The van der Waals surface area contributed by atoms with E-state index in [-0.39, 0.29) is 0 Å². The first-order chi connectivity index (χ1) is 74.4. The lowest BCUT2D eigenvalue weighted by Crippen LogP contribution is -2.10. The predicted octanol–water partition coefficient (Wildman–Crippen LogP) is 43.5. The number of fused-ring (bicyclic) bond motifs is 24. The van der Waals surface area contributed by atoms with Crippen molar-refractivity contribution < 1.29 is 0 Å². The van der Waals surface area contributed by atoms with E-state index < -0.39 is 0 Å². The summed E-state index contributed by atoms with van der Waals surface area (Å²) in [7, 11) is 0. The van der Waals surface area contributed by atoms with E-state index in [2.05, 4.69) is 575 Å². The van der Waals surface area contributed by atoms with Crippen LogP contribution in [0.5, 0.6) is 0 Å². The zero-order valence-corrected chi connectivity index (χ0v) is 86.0. The van der Waals surface area contributed by atoms with Crippen molar-refractivity contribution in [3.63, 3.8) is 0 Å². The Hall–Kier alpha value is -17.8. The fourth-order valence-corrected chi connectivity index (χ4v) is 29.1. The first kappa shape index (κ1) is 89.8. The van der Waals surface area contributed by atoms with Gasteiger partial charge in [0.15, 0.2) is 0 Å². The van der Waals surface area contributed by atoms with E-state index >= 15 is 0 Å². The molecule has 0 fully saturated rings. The van der Waals surface area contributed by atoms with Crippen molar-refractivity contribution in [1.82, 2.24) is 0 Å². The lowest BCUT2D eigenvalue weighted by molar-refractivity contribution is 1.29. The third kappa shape index (κ3) is 16.1. The van der Waals surface area contributed by atoms with E-state index in [0.717, 1.165) is 79.6 Å². The highest BCUT2D eigenvalue weighted by Gasteiger charge is 2.29. The Morgan fingerprint density at radius 3 is 0.647 bits per heavy atom. The summed E-state index contributed by atoms with van der Waals surface area (Å²) >= 11 is 11.2.